The normalized spacial score (nSPS) is 26.6. The van der Waals surface area contributed by atoms with E-state index in [4.69, 9.17) is 10.5 Å². The number of hydrogen-bond acceptors (Lipinski definition) is 5. The van der Waals surface area contributed by atoms with Crippen LogP contribution in [0.4, 0.5) is 10.1 Å². The molecule has 28 heavy (non-hydrogen) atoms. The first-order valence-electron chi connectivity index (χ1n) is 9.52. The monoisotopic (exact) mass is 382 g/mol. The summed E-state index contributed by atoms with van der Waals surface area (Å²) < 4.78 is 20.6. The molecule has 2 aliphatic rings. The molecule has 2 heterocycles. The van der Waals surface area contributed by atoms with Gasteiger partial charge in [-0.15, -0.1) is 0 Å². The number of aromatic nitrogens is 1. The van der Waals surface area contributed by atoms with Crippen molar-refractivity contribution in [2.45, 2.75) is 44.2 Å². The molecule has 4 rings (SSSR count). The number of nitrogens with zero attached hydrogens (tertiary/aromatic N) is 2. The van der Waals surface area contributed by atoms with E-state index in [1.807, 2.05) is 6.92 Å². The van der Waals surface area contributed by atoms with Gasteiger partial charge in [0.25, 0.3) is 11.9 Å². The second-order valence-corrected chi connectivity index (χ2v) is 7.51. The molecule has 1 aromatic heterocycles. The second-order valence-electron chi connectivity index (χ2n) is 7.51. The third kappa shape index (κ3) is 3.32. The Morgan fingerprint density at radius 1 is 1.29 bits per heavy atom. The molecule has 7 heteroatoms. The van der Waals surface area contributed by atoms with Gasteiger partial charge in [0, 0.05) is 23.4 Å². The molecule has 0 radical (unpaired) electrons. The molecule has 6 nitrogen and oxygen atoms in total. The highest BCUT2D eigenvalue weighted by molar-refractivity contribution is 6.02. The number of amidine groups is 1. The molecule has 146 valence electrons. The average molecular weight is 382 g/mol. The molecule has 1 saturated carbocycles. The van der Waals surface area contributed by atoms with Gasteiger partial charge in [0.2, 0.25) is 0 Å². The van der Waals surface area contributed by atoms with Crippen molar-refractivity contribution in [2.24, 2.45) is 16.6 Å². The number of hydrogen-bond donors (Lipinski definition) is 2. The van der Waals surface area contributed by atoms with Gasteiger partial charge in [-0.05, 0) is 56.5 Å². The van der Waals surface area contributed by atoms with Crippen molar-refractivity contribution >= 4 is 17.6 Å². The molecule has 1 aliphatic heterocycles. The predicted molar refractivity (Wildman–Crippen MR) is 104 cm³/mol. The van der Waals surface area contributed by atoms with Gasteiger partial charge < -0.3 is 15.8 Å². The second kappa shape index (κ2) is 7.22. The summed E-state index contributed by atoms with van der Waals surface area (Å²) in [4.78, 5) is 21.0. The van der Waals surface area contributed by atoms with Crippen LogP contribution in [0.2, 0.25) is 0 Å². The maximum atomic E-state index is 14.9. The predicted octanol–water partition coefficient (Wildman–Crippen LogP) is 3.59. The topological polar surface area (TPSA) is 89.6 Å². The van der Waals surface area contributed by atoms with E-state index >= 15 is 0 Å². The minimum Gasteiger partial charge on any atom is -0.462 e. The van der Waals surface area contributed by atoms with Gasteiger partial charge in [0.05, 0.1) is 5.54 Å². The summed E-state index contributed by atoms with van der Waals surface area (Å²) in [5.74, 6) is -0.695. The van der Waals surface area contributed by atoms with Gasteiger partial charge in [-0.25, -0.2) is 9.38 Å². The molecule has 1 aliphatic carbocycles. The van der Waals surface area contributed by atoms with Gasteiger partial charge in [0.15, 0.2) is 0 Å². The van der Waals surface area contributed by atoms with E-state index in [2.05, 4.69) is 15.3 Å². The highest BCUT2D eigenvalue weighted by atomic mass is 19.1. The Labute approximate surface area is 163 Å². The van der Waals surface area contributed by atoms with Crippen LogP contribution >= 0.6 is 0 Å². The number of amides is 1. The Kier molecular flexibility index (Phi) is 4.75. The lowest BCUT2D eigenvalue weighted by atomic mass is 9.70. The van der Waals surface area contributed by atoms with Gasteiger partial charge in [-0.1, -0.05) is 12.5 Å². The van der Waals surface area contributed by atoms with E-state index in [0.29, 0.717) is 16.9 Å². The van der Waals surface area contributed by atoms with Crippen LogP contribution in [0.25, 0.3) is 0 Å². The van der Waals surface area contributed by atoms with Crippen LogP contribution < -0.4 is 11.1 Å². The Hall–Kier alpha value is -2.96. The summed E-state index contributed by atoms with van der Waals surface area (Å²) in [6.45, 7) is 1.90. The van der Waals surface area contributed by atoms with E-state index in [1.165, 1.54) is 12.1 Å². The number of ether oxygens (including phenoxy) is 1. The average Bonchev–Trinajstić information content (AvgIpc) is 2.70. The van der Waals surface area contributed by atoms with Crippen molar-refractivity contribution in [3.8, 4) is 0 Å². The maximum absolute atomic E-state index is 14.9. The molecule has 0 saturated heterocycles. The molecular weight excluding hydrogens is 359 g/mol. The lowest BCUT2D eigenvalue weighted by Crippen LogP contribution is -2.49. The van der Waals surface area contributed by atoms with E-state index in [9.17, 15) is 9.18 Å². The highest BCUT2D eigenvalue weighted by Gasteiger charge is 2.47. The van der Waals surface area contributed by atoms with E-state index in [1.54, 1.807) is 30.5 Å². The van der Waals surface area contributed by atoms with Crippen LogP contribution in [0.3, 0.4) is 0 Å². The van der Waals surface area contributed by atoms with E-state index in [-0.39, 0.29) is 29.8 Å². The first-order chi connectivity index (χ1) is 13.5. The van der Waals surface area contributed by atoms with Crippen LogP contribution in [0, 0.1) is 11.7 Å². The SMILES string of the molecule is C[C@]1(c2cc(NC(=O)c3ccccn3)ccc2F)N=C(N)OC2CCCCC21. The lowest BCUT2D eigenvalue weighted by molar-refractivity contribution is 0.0147. The number of nitrogens with one attached hydrogen (secondary N) is 1. The minimum absolute atomic E-state index is 0.0322. The van der Waals surface area contributed by atoms with Gasteiger partial charge in [0.1, 0.15) is 17.6 Å². The van der Waals surface area contributed by atoms with Crippen molar-refractivity contribution in [3.63, 3.8) is 0 Å². The molecular formula is C21H23FN4O2. The quantitative estimate of drug-likeness (QED) is 0.849. The maximum Gasteiger partial charge on any atom is 0.283 e. The molecule has 3 N–H and O–H groups in total. The van der Waals surface area contributed by atoms with Crippen molar-refractivity contribution in [1.29, 1.82) is 0 Å². The van der Waals surface area contributed by atoms with Crippen LogP contribution in [-0.2, 0) is 10.3 Å². The molecule has 0 spiro atoms. The van der Waals surface area contributed by atoms with Gasteiger partial charge >= 0.3 is 0 Å². The summed E-state index contributed by atoms with van der Waals surface area (Å²) in [5, 5.41) is 2.79. The van der Waals surface area contributed by atoms with Crippen molar-refractivity contribution in [2.75, 3.05) is 5.32 Å². The first-order valence-corrected chi connectivity index (χ1v) is 9.52. The summed E-state index contributed by atoms with van der Waals surface area (Å²) in [7, 11) is 0. The van der Waals surface area contributed by atoms with Crippen LogP contribution in [-0.4, -0.2) is 23.0 Å². The highest BCUT2D eigenvalue weighted by Crippen LogP contribution is 2.46. The zero-order valence-electron chi connectivity index (χ0n) is 15.7. The zero-order valence-corrected chi connectivity index (χ0v) is 15.7. The largest absolute Gasteiger partial charge is 0.462 e. The summed E-state index contributed by atoms with van der Waals surface area (Å²) in [6.07, 6.45) is 5.37. The molecule has 2 aromatic rings. The number of halogens is 1. The van der Waals surface area contributed by atoms with Crippen molar-refractivity contribution in [1.82, 2.24) is 4.98 Å². The van der Waals surface area contributed by atoms with Crippen LogP contribution in [0.1, 0.15) is 48.7 Å². The van der Waals surface area contributed by atoms with E-state index < -0.39 is 5.54 Å². The van der Waals surface area contributed by atoms with E-state index in [0.717, 1.165) is 25.7 Å². The lowest BCUT2D eigenvalue weighted by Gasteiger charge is -2.45. The molecule has 2 unspecified atom stereocenters. The number of benzene rings is 1. The molecule has 1 aromatic carbocycles. The van der Waals surface area contributed by atoms with Crippen molar-refractivity contribution in [3.05, 3.63) is 59.7 Å². The summed E-state index contributed by atoms with van der Waals surface area (Å²) in [5.41, 5.74) is 6.27. The Morgan fingerprint density at radius 2 is 2.11 bits per heavy atom. The Morgan fingerprint density at radius 3 is 2.89 bits per heavy atom. The molecule has 1 fully saturated rings. The number of rotatable bonds is 3. The fraction of sp³-hybridized carbons (Fsp3) is 0.381. The number of fused-ring (bicyclic) bond motifs is 1. The molecule has 3 atom stereocenters. The van der Waals surface area contributed by atoms with Crippen LogP contribution in [0.5, 0.6) is 0 Å². The smallest absolute Gasteiger partial charge is 0.283 e. The van der Waals surface area contributed by atoms with Crippen molar-refractivity contribution < 1.29 is 13.9 Å². The summed E-state index contributed by atoms with van der Waals surface area (Å²) in [6, 6.07) is 9.72. The van der Waals surface area contributed by atoms with Gasteiger partial charge in [-0.3, -0.25) is 9.78 Å². The Bertz CT molecular complexity index is 918. The summed E-state index contributed by atoms with van der Waals surface area (Å²) >= 11 is 0. The third-order valence-corrected chi connectivity index (χ3v) is 5.71. The fourth-order valence-electron chi connectivity index (χ4n) is 4.32. The number of anilines is 1. The zero-order chi connectivity index (χ0) is 19.7. The van der Waals surface area contributed by atoms with Gasteiger partial charge in [-0.2, -0.15) is 0 Å². The molecule has 0 bridgehead atoms. The molecule has 1 amide bonds. The number of carbonyl (C=O) groups is 1. The standard InChI is InChI=1S/C21H23FN4O2/c1-21(14-6-2-3-8-18(14)28-20(23)26-21)15-12-13(9-10-16(15)22)25-19(27)17-7-4-5-11-24-17/h4-5,7,9-12,14,18H,2-3,6,8H2,1H3,(H2,23,26)(H,25,27)/t14?,18?,21-/m0/s1. The Balaban J connectivity index is 1.68. The van der Waals surface area contributed by atoms with Crippen LogP contribution in [0.15, 0.2) is 47.6 Å². The fourth-order valence-corrected chi connectivity index (χ4v) is 4.32. The third-order valence-electron chi connectivity index (χ3n) is 5.71. The number of pyridine rings is 1. The number of nitrogens with two attached hydrogens (primary N) is 1. The number of aliphatic imine (C=N–C) groups is 1. The number of carbonyl (C=O) groups excluding carboxylic acids is 1. The minimum atomic E-state index is -0.844. The first kappa shape index (κ1) is 18.4.